The average molecular weight is 280 g/mol. The summed E-state index contributed by atoms with van der Waals surface area (Å²) in [6.07, 6.45) is 3.30. The Hall–Kier alpha value is -1.98. The van der Waals surface area contributed by atoms with Crippen molar-refractivity contribution in [3.05, 3.63) is 29.8 Å². The van der Waals surface area contributed by atoms with Crippen molar-refractivity contribution < 1.29 is 19.1 Å². The Morgan fingerprint density at radius 2 is 2.25 bits per heavy atom. The van der Waals surface area contributed by atoms with Crippen molar-refractivity contribution in [3.63, 3.8) is 0 Å². The maximum absolute atomic E-state index is 12.8. The fourth-order valence-corrected chi connectivity index (χ4v) is 2.55. The number of carbonyl (C=O) groups is 2. The number of aliphatic carboxylic acids is 1. The number of hydrogen-bond acceptors (Lipinski definition) is 3. The minimum absolute atomic E-state index is 0.215. The lowest BCUT2D eigenvalue weighted by Crippen LogP contribution is -2.50. The van der Waals surface area contributed by atoms with Gasteiger partial charge in [0.1, 0.15) is 6.04 Å². The molecule has 20 heavy (non-hydrogen) atoms. The first-order valence-electron chi connectivity index (χ1n) is 6.68. The standard InChI is InChI=1S/C14H17FN2O3/c1-2-9-5-6-17(11(7-9)14(19)20)13(18)10-3-4-12(15)16-8-10/h3-4,8-9,11H,2,5-7H2,1H3,(H,19,20). The molecule has 1 aliphatic rings. The van der Waals surface area contributed by atoms with Crippen LogP contribution in [-0.4, -0.2) is 39.5 Å². The van der Waals surface area contributed by atoms with Crippen molar-refractivity contribution in [2.24, 2.45) is 5.92 Å². The fraction of sp³-hybridized carbons (Fsp3) is 0.500. The molecule has 2 heterocycles. The molecule has 0 radical (unpaired) electrons. The molecule has 0 spiro atoms. The van der Waals surface area contributed by atoms with E-state index in [4.69, 9.17) is 0 Å². The lowest BCUT2D eigenvalue weighted by molar-refractivity contribution is -0.144. The number of halogens is 1. The van der Waals surface area contributed by atoms with Gasteiger partial charge in [-0.1, -0.05) is 13.3 Å². The lowest BCUT2D eigenvalue weighted by Gasteiger charge is -2.36. The second-order valence-corrected chi connectivity index (χ2v) is 5.02. The number of rotatable bonds is 3. The van der Waals surface area contributed by atoms with Gasteiger partial charge in [0.25, 0.3) is 5.91 Å². The minimum Gasteiger partial charge on any atom is -0.480 e. The van der Waals surface area contributed by atoms with E-state index in [1.54, 1.807) is 0 Å². The van der Waals surface area contributed by atoms with Gasteiger partial charge in [0.2, 0.25) is 5.95 Å². The van der Waals surface area contributed by atoms with Gasteiger partial charge in [-0.2, -0.15) is 4.39 Å². The highest BCUT2D eigenvalue weighted by Gasteiger charge is 2.35. The second-order valence-electron chi connectivity index (χ2n) is 5.02. The molecular formula is C14H17FN2O3. The van der Waals surface area contributed by atoms with Crippen LogP contribution in [0.3, 0.4) is 0 Å². The van der Waals surface area contributed by atoms with Gasteiger partial charge in [-0.3, -0.25) is 4.79 Å². The van der Waals surface area contributed by atoms with Crippen LogP contribution in [-0.2, 0) is 4.79 Å². The van der Waals surface area contributed by atoms with Crippen LogP contribution < -0.4 is 0 Å². The van der Waals surface area contributed by atoms with Gasteiger partial charge in [-0.15, -0.1) is 0 Å². The second kappa shape index (κ2) is 5.98. The molecule has 1 fully saturated rings. The highest BCUT2D eigenvalue weighted by Crippen LogP contribution is 2.26. The molecule has 108 valence electrons. The van der Waals surface area contributed by atoms with E-state index in [1.165, 1.54) is 11.0 Å². The molecule has 0 saturated carbocycles. The molecule has 0 aliphatic carbocycles. The predicted molar refractivity (Wildman–Crippen MR) is 69.7 cm³/mol. The zero-order valence-electron chi connectivity index (χ0n) is 11.3. The molecule has 2 unspecified atom stereocenters. The average Bonchev–Trinajstić information content (AvgIpc) is 2.46. The summed E-state index contributed by atoms with van der Waals surface area (Å²) in [5, 5.41) is 9.29. The number of carboxylic acid groups (broad SMARTS) is 1. The largest absolute Gasteiger partial charge is 0.480 e. The lowest BCUT2D eigenvalue weighted by atomic mass is 9.88. The van der Waals surface area contributed by atoms with Crippen molar-refractivity contribution in [1.29, 1.82) is 0 Å². The maximum Gasteiger partial charge on any atom is 0.326 e. The number of amides is 1. The van der Waals surface area contributed by atoms with Crippen LogP contribution in [0.15, 0.2) is 18.3 Å². The summed E-state index contributed by atoms with van der Waals surface area (Å²) in [5.74, 6) is -1.74. The van der Waals surface area contributed by atoms with E-state index in [-0.39, 0.29) is 5.56 Å². The molecule has 1 N–H and O–H groups in total. The third kappa shape index (κ3) is 2.95. The Kier molecular flexibility index (Phi) is 4.32. The van der Waals surface area contributed by atoms with Gasteiger partial charge in [0.05, 0.1) is 5.56 Å². The first-order chi connectivity index (χ1) is 9.52. The van der Waals surface area contributed by atoms with Crippen LogP contribution >= 0.6 is 0 Å². The van der Waals surface area contributed by atoms with Gasteiger partial charge in [0, 0.05) is 12.7 Å². The van der Waals surface area contributed by atoms with Crippen molar-refractivity contribution in [2.75, 3.05) is 6.54 Å². The molecule has 1 aliphatic heterocycles. The summed E-state index contributed by atoms with van der Waals surface area (Å²) >= 11 is 0. The van der Waals surface area contributed by atoms with Crippen LogP contribution in [0, 0.1) is 11.9 Å². The molecule has 1 aromatic rings. The zero-order valence-corrected chi connectivity index (χ0v) is 11.3. The van der Waals surface area contributed by atoms with E-state index in [2.05, 4.69) is 4.98 Å². The molecule has 0 aromatic carbocycles. The zero-order chi connectivity index (χ0) is 14.7. The SMILES string of the molecule is CCC1CCN(C(=O)c2ccc(F)nc2)C(C(=O)O)C1. The van der Waals surface area contributed by atoms with Gasteiger partial charge in [-0.05, 0) is 30.9 Å². The molecule has 2 atom stereocenters. The number of aromatic nitrogens is 1. The third-order valence-corrected chi connectivity index (χ3v) is 3.81. The summed E-state index contributed by atoms with van der Waals surface area (Å²) in [6.45, 7) is 2.43. The van der Waals surface area contributed by atoms with Crippen molar-refractivity contribution in [3.8, 4) is 0 Å². The van der Waals surface area contributed by atoms with Crippen LogP contribution in [0.5, 0.6) is 0 Å². The van der Waals surface area contributed by atoms with E-state index in [0.29, 0.717) is 18.9 Å². The monoisotopic (exact) mass is 280 g/mol. The Labute approximate surface area is 116 Å². The molecule has 1 aromatic heterocycles. The summed E-state index contributed by atoms with van der Waals surface area (Å²) < 4.78 is 12.8. The van der Waals surface area contributed by atoms with E-state index in [1.807, 2.05) is 6.92 Å². The fourth-order valence-electron chi connectivity index (χ4n) is 2.55. The van der Waals surface area contributed by atoms with Gasteiger partial charge in [-0.25, -0.2) is 9.78 Å². The number of carboxylic acids is 1. The smallest absolute Gasteiger partial charge is 0.326 e. The molecule has 2 rings (SSSR count). The predicted octanol–water partition coefficient (Wildman–Crippen LogP) is 1.94. The van der Waals surface area contributed by atoms with E-state index >= 15 is 0 Å². The van der Waals surface area contributed by atoms with Crippen LogP contribution in [0.2, 0.25) is 0 Å². The molecule has 6 heteroatoms. The van der Waals surface area contributed by atoms with Crippen molar-refractivity contribution in [2.45, 2.75) is 32.2 Å². The van der Waals surface area contributed by atoms with E-state index in [0.717, 1.165) is 25.1 Å². The van der Waals surface area contributed by atoms with Gasteiger partial charge in [0.15, 0.2) is 0 Å². The Morgan fingerprint density at radius 3 is 2.80 bits per heavy atom. The number of likely N-dealkylation sites (tertiary alicyclic amines) is 1. The van der Waals surface area contributed by atoms with Crippen LogP contribution in [0.25, 0.3) is 0 Å². The molecule has 0 bridgehead atoms. The van der Waals surface area contributed by atoms with Crippen molar-refractivity contribution in [1.82, 2.24) is 9.88 Å². The summed E-state index contributed by atoms with van der Waals surface area (Å²) in [7, 11) is 0. The first-order valence-corrected chi connectivity index (χ1v) is 6.68. The van der Waals surface area contributed by atoms with Gasteiger partial charge < -0.3 is 10.0 Å². The number of nitrogens with zero attached hydrogens (tertiary/aromatic N) is 2. The first kappa shape index (κ1) is 14.4. The van der Waals surface area contributed by atoms with Gasteiger partial charge >= 0.3 is 5.97 Å². The highest BCUT2D eigenvalue weighted by atomic mass is 19.1. The number of pyridine rings is 1. The topological polar surface area (TPSA) is 70.5 Å². The van der Waals surface area contributed by atoms with E-state index < -0.39 is 23.9 Å². The summed E-state index contributed by atoms with van der Waals surface area (Å²) in [6, 6.07) is 1.61. The number of piperidine rings is 1. The number of carbonyl (C=O) groups excluding carboxylic acids is 1. The van der Waals surface area contributed by atoms with Crippen LogP contribution in [0.4, 0.5) is 4.39 Å². The molecular weight excluding hydrogens is 263 g/mol. The summed E-state index contributed by atoms with van der Waals surface area (Å²) in [5.41, 5.74) is 0.215. The molecule has 1 amide bonds. The van der Waals surface area contributed by atoms with Crippen LogP contribution in [0.1, 0.15) is 36.5 Å². The Balaban J connectivity index is 2.19. The third-order valence-electron chi connectivity index (χ3n) is 3.81. The number of hydrogen-bond donors (Lipinski definition) is 1. The normalized spacial score (nSPS) is 22.6. The van der Waals surface area contributed by atoms with E-state index in [9.17, 15) is 19.1 Å². The Morgan fingerprint density at radius 1 is 1.50 bits per heavy atom. The quantitative estimate of drug-likeness (QED) is 0.859. The maximum atomic E-state index is 12.8. The minimum atomic E-state index is -0.994. The molecule has 1 saturated heterocycles. The van der Waals surface area contributed by atoms with Crippen molar-refractivity contribution >= 4 is 11.9 Å². The molecule has 5 nitrogen and oxygen atoms in total. The summed E-state index contributed by atoms with van der Waals surface area (Å²) in [4.78, 5) is 28.5. The highest BCUT2D eigenvalue weighted by molar-refractivity contribution is 5.96. The Bertz CT molecular complexity index is 504.